The second-order valence-corrected chi connectivity index (χ2v) is 13.4. The van der Waals surface area contributed by atoms with E-state index in [2.05, 4.69) is 37.0 Å². The highest BCUT2D eigenvalue weighted by atomic mass is 32.1. The normalized spacial score (nSPS) is 31.0. The van der Waals surface area contributed by atoms with Crippen molar-refractivity contribution >= 4 is 17.1 Å². The molecule has 0 unspecified atom stereocenters. The molecule has 2 N–H and O–H groups in total. The first-order chi connectivity index (χ1) is 18.2. The summed E-state index contributed by atoms with van der Waals surface area (Å²) >= 11 is 1.54. The van der Waals surface area contributed by atoms with Crippen LogP contribution < -0.4 is 0 Å². The molecule has 2 fully saturated rings. The average Bonchev–Trinajstić information content (AvgIpc) is 3.43. The lowest BCUT2D eigenvalue weighted by molar-refractivity contribution is -0.0959. The Kier molecular flexibility index (Phi) is 8.28. The highest BCUT2D eigenvalue weighted by molar-refractivity contribution is 7.14. The van der Waals surface area contributed by atoms with Gasteiger partial charge in [0.15, 0.2) is 0 Å². The van der Waals surface area contributed by atoms with Crippen molar-refractivity contribution in [2.75, 3.05) is 32.8 Å². The third-order valence-corrected chi connectivity index (χ3v) is 10.5. The fourth-order valence-electron chi connectivity index (χ4n) is 7.02. The minimum absolute atomic E-state index is 0.0586. The van der Waals surface area contributed by atoms with Crippen molar-refractivity contribution in [3.63, 3.8) is 0 Å². The van der Waals surface area contributed by atoms with Crippen molar-refractivity contribution in [3.8, 4) is 0 Å². The van der Waals surface area contributed by atoms with Crippen LogP contribution in [-0.4, -0.2) is 65.4 Å². The lowest BCUT2D eigenvalue weighted by Gasteiger charge is -2.46. The minimum Gasteiger partial charge on any atom is -0.393 e. The second-order valence-electron chi connectivity index (χ2n) is 12.1. The lowest BCUT2D eigenvalue weighted by atomic mass is 9.64. The number of ether oxygens (including phenoxy) is 1. The van der Waals surface area contributed by atoms with E-state index < -0.39 is 11.7 Å². The monoisotopic (exact) mass is 537 g/mol. The molecule has 1 saturated carbocycles. The Morgan fingerprint density at radius 1 is 1.13 bits per heavy atom. The predicted octanol–water partition coefficient (Wildman–Crippen LogP) is 5.66. The zero-order valence-electron chi connectivity index (χ0n) is 23.2. The molecule has 4 atom stereocenters. The van der Waals surface area contributed by atoms with Crippen LogP contribution >= 0.6 is 11.3 Å². The molecular formula is C32H43NO4S. The second kappa shape index (κ2) is 11.3. The number of aryl methyl sites for hydroxylation is 1. The van der Waals surface area contributed by atoms with Crippen LogP contribution in [0.5, 0.6) is 0 Å². The van der Waals surface area contributed by atoms with E-state index in [1.165, 1.54) is 16.9 Å². The lowest BCUT2D eigenvalue weighted by Crippen LogP contribution is -2.54. The van der Waals surface area contributed by atoms with Crippen molar-refractivity contribution in [3.05, 3.63) is 68.4 Å². The first-order valence-corrected chi connectivity index (χ1v) is 15.1. The quantitative estimate of drug-likeness (QED) is 0.389. The summed E-state index contributed by atoms with van der Waals surface area (Å²) in [6.07, 6.45) is 7.28. The van der Waals surface area contributed by atoms with E-state index in [4.69, 9.17) is 4.74 Å². The van der Waals surface area contributed by atoms with E-state index in [0.29, 0.717) is 32.6 Å². The number of nitrogens with zero attached hydrogens (tertiary/aromatic N) is 1. The fraction of sp³-hybridized carbons (Fsp3) is 0.594. The van der Waals surface area contributed by atoms with Gasteiger partial charge in [-0.2, -0.15) is 0 Å². The van der Waals surface area contributed by atoms with Gasteiger partial charge in [-0.15, -0.1) is 11.3 Å². The molecule has 0 radical (unpaired) electrons. The number of morpholine rings is 1. The molecule has 1 aromatic carbocycles. The van der Waals surface area contributed by atoms with Gasteiger partial charge in [0, 0.05) is 35.5 Å². The molecule has 2 bridgehead atoms. The number of carbonyl (C=O) groups is 1. The molecule has 6 heteroatoms. The number of hydrogen-bond acceptors (Lipinski definition) is 6. The van der Waals surface area contributed by atoms with Gasteiger partial charge in [0.25, 0.3) is 0 Å². The molecule has 1 aromatic heterocycles. The summed E-state index contributed by atoms with van der Waals surface area (Å²) in [5, 5.41) is 23.2. The highest BCUT2D eigenvalue weighted by Crippen LogP contribution is 2.59. The Bertz CT molecular complexity index is 1180. The maximum atomic E-state index is 14.0. The number of ketones is 1. The maximum Gasteiger partial charge on any atom is 0.203 e. The van der Waals surface area contributed by atoms with E-state index in [1.807, 2.05) is 25.1 Å². The van der Waals surface area contributed by atoms with Gasteiger partial charge in [0.2, 0.25) is 5.78 Å². The molecule has 0 amide bonds. The molecule has 206 valence electrons. The summed E-state index contributed by atoms with van der Waals surface area (Å²) in [6, 6.07) is 10.2. The van der Waals surface area contributed by atoms with Crippen LogP contribution in [-0.2, 0) is 11.2 Å². The molecular weight excluding hydrogens is 494 g/mol. The fourth-order valence-corrected chi connectivity index (χ4v) is 7.84. The molecule has 0 spiro atoms. The van der Waals surface area contributed by atoms with Gasteiger partial charge >= 0.3 is 0 Å². The molecule has 6 rings (SSSR count). The van der Waals surface area contributed by atoms with Gasteiger partial charge in [0.1, 0.15) is 0 Å². The Morgan fingerprint density at radius 2 is 1.92 bits per heavy atom. The van der Waals surface area contributed by atoms with Crippen LogP contribution in [0, 0.1) is 12.3 Å². The minimum atomic E-state index is -0.845. The van der Waals surface area contributed by atoms with Gasteiger partial charge in [-0.1, -0.05) is 30.7 Å². The Hall–Kier alpha value is -1.83. The number of aliphatic hydroxyl groups is 2. The largest absolute Gasteiger partial charge is 0.393 e. The Morgan fingerprint density at radius 3 is 2.66 bits per heavy atom. The van der Waals surface area contributed by atoms with Crippen LogP contribution in [0.2, 0.25) is 0 Å². The van der Waals surface area contributed by atoms with E-state index in [1.54, 1.807) is 0 Å². The average molecular weight is 538 g/mol. The topological polar surface area (TPSA) is 70.0 Å². The first kappa shape index (κ1) is 27.7. The number of hydrogen-bond donors (Lipinski definition) is 2. The maximum absolute atomic E-state index is 14.0. The van der Waals surface area contributed by atoms with Crippen molar-refractivity contribution in [2.45, 2.75) is 83.3 Å². The third kappa shape index (κ3) is 5.57. The third-order valence-electron chi connectivity index (χ3n) is 9.47. The number of rotatable bonds is 4. The summed E-state index contributed by atoms with van der Waals surface area (Å²) in [5.74, 6) is 0.132. The SMILES string of the molecule is CC1=CCC[C@@]2(C)[C@@H](CC[C@@]2(O)CN2CCOCC2)c2ccc(cc2C(=O)c2ccc(C)s2)C[C@@H](O)CC1. The molecule has 1 aliphatic heterocycles. The van der Waals surface area contributed by atoms with Crippen molar-refractivity contribution in [2.24, 2.45) is 5.41 Å². The molecule has 38 heavy (non-hydrogen) atoms. The zero-order chi connectivity index (χ0) is 26.9. The predicted molar refractivity (Wildman–Crippen MR) is 153 cm³/mol. The van der Waals surface area contributed by atoms with Gasteiger partial charge in [-0.25, -0.2) is 0 Å². The van der Waals surface area contributed by atoms with Gasteiger partial charge in [0.05, 0.1) is 29.8 Å². The summed E-state index contributed by atoms with van der Waals surface area (Å²) in [5.41, 5.74) is 2.87. The van der Waals surface area contributed by atoms with Crippen LogP contribution in [0.3, 0.4) is 0 Å². The van der Waals surface area contributed by atoms with Crippen molar-refractivity contribution in [1.82, 2.24) is 4.90 Å². The summed E-state index contributed by atoms with van der Waals surface area (Å²) in [4.78, 5) is 18.2. The summed E-state index contributed by atoms with van der Waals surface area (Å²) in [6.45, 7) is 10.2. The number of benzene rings is 1. The molecule has 2 heterocycles. The molecule has 4 aliphatic rings. The molecule has 3 aliphatic carbocycles. The smallest absolute Gasteiger partial charge is 0.203 e. The number of thiophene rings is 1. The molecule has 5 nitrogen and oxygen atoms in total. The number of β-amino-alcohol motifs (C(OH)–C–C–N with tert-alkyl or cyclic N) is 1. The molecule has 2 aromatic rings. The van der Waals surface area contributed by atoms with Crippen LogP contribution in [0.25, 0.3) is 0 Å². The zero-order valence-corrected chi connectivity index (χ0v) is 24.0. The van der Waals surface area contributed by atoms with Gasteiger partial charge in [-0.05, 0) is 94.0 Å². The van der Waals surface area contributed by atoms with Gasteiger partial charge < -0.3 is 14.9 Å². The van der Waals surface area contributed by atoms with E-state index in [0.717, 1.165) is 71.6 Å². The first-order valence-electron chi connectivity index (χ1n) is 14.3. The summed E-state index contributed by atoms with van der Waals surface area (Å²) < 4.78 is 5.58. The number of carbonyl (C=O) groups excluding carboxylic acids is 1. The number of allylic oxidation sites excluding steroid dienone is 2. The van der Waals surface area contributed by atoms with E-state index >= 15 is 0 Å². The van der Waals surface area contributed by atoms with Crippen molar-refractivity contribution in [1.29, 1.82) is 0 Å². The van der Waals surface area contributed by atoms with Gasteiger partial charge in [-0.3, -0.25) is 9.69 Å². The Labute approximate surface area is 231 Å². The molecule has 1 saturated heterocycles. The van der Waals surface area contributed by atoms with Crippen molar-refractivity contribution < 1.29 is 19.7 Å². The Balaban J connectivity index is 1.59. The van der Waals surface area contributed by atoms with Crippen LogP contribution in [0.4, 0.5) is 0 Å². The number of aliphatic hydroxyl groups excluding tert-OH is 1. The summed E-state index contributed by atoms with van der Waals surface area (Å²) in [7, 11) is 0. The van der Waals surface area contributed by atoms with E-state index in [9.17, 15) is 15.0 Å². The standard InChI is InChI=1S/C32H43NO4S/c1-22-5-4-13-31(3)28(12-14-32(31,36)21-33-15-17-37-18-16-33)26-10-8-24(19-25(34)9-6-22)20-27(26)30(35)29-11-7-23(2)38-29/h5,7-8,10-11,20,25,28,34,36H,4,6,9,12-19,21H2,1-3H3/t25-,28-,31-,32+/m0/s1. The van der Waals surface area contributed by atoms with Crippen LogP contribution in [0.1, 0.15) is 89.5 Å². The van der Waals surface area contributed by atoms with E-state index in [-0.39, 0.29) is 17.1 Å². The number of fused-ring (bicyclic) bond motifs is 8. The van der Waals surface area contributed by atoms with Crippen LogP contribution in [0.15, 0.2) is 42.0 Å². The highest BCUT2D eigenvalue weighted by Gasteiger charge is 2.57.